The molecule has 0 radical (unpaired) electrons. The van der Waals surface area contributed by atoms with Crippen molar-refractivity contribution in [3.63, 3.8) is 0 Å². The van der Waals surface area contributed by atoms with Gasteiger partial charge >= 0.3 is 0 Å². The molecule has 5 rings (SSSR count). The molecule has 0 amide bonds. The van der Waals surface area contributed by atoms with Gasteiger partial charge in [0.1, 0.15) is 12.4 Å². The van der Waals surface area contributed by atoms with Gasteiger partial charge < -0.3 is 4.74 Å². The summed E-state index contributed by atoms with van der Waals surface area (Å²) in [4.78, 5) is 14.2. The molecule has 6 heteroatoms. The van der Waals surface area contributed by atoms with Crippen LogP contribution in [0.25, 0.3) is 15.8 Å². The van der Waals surface area contributed by atoms with Crippen LogP contribution in [0.4, 0.5) is 0 Å². The van der Waals surface area contributed by atoms with Crippen LogP contribution >= 0.6 is 23.1 Å². The summed E-state index contributed by atoms with van der Waals surface area (Å²) in [5.41, 5.74) is 3.21. The van der Waals surface area contributed by atoms with Crippen LogP contribution in [-0.2, 0) is 19.4 Å². The maximum atomic E-state index is 12.8. The Kier molecular flexibility index (Phi) is 5.34. The quantitative estimate of drug-likeness (QED) is 0.413. The Morgan fingerprint density at radius 3 is 2.67 bits per heavy atom. The number of pyridine rings is 1. The first-order valence-corrected chi connectivity index (χ1v) is 11.2. The molecule has 0 saturated heterocycles. The van der Waals surface area contributed by atoms with E-state index in [9.17, 15) is 4.79 Å². The number of rotatable bonds is 4. The van der Waals surface area contributed by atoms with E-state index in [1.54, 1.807) is 16.8 Å². The molecule has 1 aliphatic heterocycles. The maximum absolute atomic E-state index is 12.8. The first-order valence-electron chi connectivity index (χ1n) is 10.0. The average Bonchev–Trinajstić information content (AvgIpc) is 3.01. The van der Waals surface area contributed by atoms with Crippen LogP contribution in [0.5, 0.6) is 5.75 Å². The van der Waals surface area contributed by atoms with E-state index in [1.807, 2.05) is 58.2 Å². The number of benzene rings is 2. The van der Waals surface area contributed by atoms with Crippen LogP contribution < -0.4 is 10.3 Å². The lowest BCUT2D eigenvalue weighted by Gasteiger charge is -2.10. The van der Waals surface area contributed by atoms with Gasteiger partial charge in [-0.25, -0.2) is 4.42 Å². The third-order valence-electron chi connectivity index (χ3n) is 5.46. The zero-order chi connectivity index (χ0) is 20.5. The number of nitrogens with zero attached hydrogens (tertiary/aromatic N) is 2. The highest BCUT2D eigenvalue weighted by atomic mass is 35.5. The lowest BCUT2D eigenvalue weighted by Crippen LogP contribution is -2.16. The summed E-state index contributed by atoms with van der Waals surface area (Å²) in [5, 5.41) is 1.23. The van der Waals surface area contributed by atoms with Crippen molar-refractivity contribution in [2.75, 3.05) is 13.1 Å². The van der Waals surface area contributed by atoms with Gasteiger partial charge in [-0.3, -0.25) is 9.36 Å². The van der Waals surface area contributed by atoms with E-state index >= 15 is 0 Å². The lowest BCUT2D eigenvalue weighted by molar-refractivity contribution is 0.305. The number of thiophene rings is 1. The monoisotopic (exact) mass is 436 g/mol. The second-order valence-corrected chi connectivity index (χ2v) is 9.05. The molecule has 1 aliphatic rings. The molecular weight excluding hydrogens is 416 g/mol. The first kappa shape index (κ1) is 19.4. The minimum atomic E-state index is -0.104. The molecule has 4 nitrogen and oxygen atoms in total. The van der Waals surface area contributed by atoms with E-state index in [4.69, 9.17) is 16.5 Å². The number of hydrogen-bond acceptors (Lipinski definition) is 4. The molecule has 3 heterocycles. The van der Waals surface area contributed by atoms with E-state index in [1.165, 1.54) is 20.5 Å². The highest BCUT2D eigenvalue weighted by Crippen LogP contribution is 2.35. The standard InChI is InChI=1S/C24H21ClN2O2S/c25-26-11-9-20-21-14-18(6-7-22(21)30-23(20)10-12-26)27-13-8-19(15-24(27)28)29-16-17-4-2-1-3-5-17/h1-8,13-15H,9-12,16H2. The minimum Gasteiger partial charge on any atom is -0.489 e. The zero-order valence-corrected chi connectivity index (χ0v) is 18.0. The van der Waals surface area contributed by atoms with E-state index in [2.05, 4.69) is 12.1 Å². The number of hydrogen-bond donors (Lipinski definition) is 0. The molecule has 0 spiro atoms. The Morgan fingerprint density at radius 1 is 1.00 bits per heavy atom. The maximum Gasteiger partial charge on any atom is 0.258 e. The molecule has 152 valence electrons. The fraction of sp³-hybridized carbons (Fsp3) is 0.208. The number of ether oxygens (including phenoxy) is 1. The van der Waals surface area contributed by atoms with E-state index < -0.39 is 0 Å². The van der Waals surface area contributed by atoms with Gasteiger partial charge in [0.05, 0.1) is 0 Å². The van der Waals surface area contributed by atoms with Crippen LogP contribution in [0.1, 0.15) is 16.0 Å². The molecule has 0 saturated carbocycles. The Labute approximate surface area is 184 Å². The fourth-order valence-corrected chi connectivity index (χ4v) is 5.28. The SMILES string of the molecule is O=c1cc(OCc2ccccc2)ccn1-c1ccc2sc3c(c2c1)CCN(Cl)CC3. The summed E-state index contributed by atoms with van der Waals surface area (Å²) in [5.74, 6) is 0.577. The van der Waals surface area contributed by atoms with Crippen molar-refractivity contribution in [2.45, 2.75) is 19.4 Å². The third kappa shape index (κ3) is 3.88. The Hall–Kier alpha value is -2.60. The molecule has 30 heavy (non-hydrogen) atoms. The Bertz CT molecular complexity index is 1250. The second kappa shape index (κ2) is 8.26. The predicted octanol–water partition coefficient (Wildman–Crippen LogP) is 5.19. The highest BCUT2D eigenvalue weighted by Gasteiger charge is 2.18. The van der Waals surface area contributed by atoms with Gasteiger partial charge in [0, 0.05) is 40.6 Å². The van der Waals surface area contributed by atoms with Crippen LogP contribution in [-0.4, -0.2) is 22.1 Å². The van der Waals surface area contributed by atoms with Crippen molar-refractivity contribution in [1.82, 2.24) is 8.99 Å². The molecule has 0 N–H and O–H groups in total. The van der Waals surface area contributed by atoms with Crippen molar-refractivity contribution in [3.8, 4) is 11.4 Å². The van der Waals surface area contributed by atoms with Gasteiger partial charge in [0.25, 0.3) is 5.56 Å². The number of fused-ring (bicyclic) bond motifs is 3. The molecular formula is C24H21ClN2O2S. The van der Waals surface area contributed by atoms with Gasteiger partial charge in [-0.2, -0.15) is 0 Å². The van der Waals surface area contributed by atoms with Crippen LogP contribution in [0.2, 0.25) is 0 Å². The van der Waals surface area contributed by atoms with Crippen molar-refractivity contribution >= 4 is 33.2 Å². The van der Waals surface area contributed by atoms with Gasteiger partial charge in [-0.05, 0) is 65.4 Å². The van der Waals surface area contributed by atoms with Crippen LogP contribution in [0, 0.1) is 0 Å². The Morgan fingerprint density at radius 2 is 1.83 bits per heavy atom. The van der Waals surface area contributed by atoms with Crippen molar-refractivity contribution in [3.05, 3.63) is 93.2 Å². The molecule has 0 aliphatic carbocycles. The predicted molar refractivity (Wildman–Crippen MR) is 123 cm³/mol. The second-order valence-electron chi connectivity index (χ2n) is 7.44. The zero-order valence-electron chi connectivity index (χ0n) is 16.4. The molecule has 0 atom stereocenters. The summed E-state index contributed by atoms with van der Waals surface area (Å²) < 4.78 is 10.6. The summed E-state index contributed by atoms with van der Waals surface area (Å²) in [6.07, 6.45) is 3.69. The fourth-order valence-electron chi connectivity index (χ4n) is 3.89. The first-order chi connectivity index (χ1) is 14.7. The summed E-state index contributed by atoms with van der Waals surface area (Å²) in [7, 11) is 0. The van der Waals surface area contributed by atoms with Gasteiger partial charge in [0.2, 0.25) is 0 Å². The third-order valence-corrected chi connectivity index (χ3v) is 7.07. The number of aromatic nitrogens is 1. The largest absolute Gasteiger partial charge is 0.489 e. The summed E-state index contributed by atoms with van der Waals surface area (Å²) in [6, 6.07) is 19.6. The highest BCUT2D eigenvalue weighted by molar-refractivity contribution is 7.19. The topological polar surface area (TPSA) is 34.5 Å². The van der Waals surface area contributed by atoms with E-state index in [-0.39, 0.29) is 5.56 Å². The van der Waals surface area contributed by atoms with Gasteiger partial charge in [-0.1, -0.05) is 30.3 Å². The van der Waals surface area contributed by atoms with Gasteiger partial charge in [0.15, 0.2) is 0 Å². The van der Waals surface area contributed by atoms with Crippen LogP contribution in [0.15, 0.2) is 71.7 Å². The smallest absolute Gasteiger partial charge is 0.258 e. The van der Waals surface area contributed by atoms with Crippen LogP contribution in [0.3, 0.4) is 0 Å². The minimum absolute atomic E-state index is 0.104. The average molecular weight is 437 g/mol. The molecule has 0 bridgehead atoms. The molecule has 2 aromatic carbocycles. The number of halogens is 1. The Balaban J connectivity index is 1.43. The lowest BCUT2D eigenvalue weighted by atomic mass is 10.1. The summed E-state index contributed by atoms with van der Waals surface area (Å²) >= 11 is 8.06. The summed E-state index contributed by atoms with van der Waals surface area (Å²) in [6.45, 7) is 2.16. The van der Waals surface area contributed by atoms with E-state index in [0.29, 0.717) is 12.4 Å². The molecule has 2 aromatic heterocycles. The molecule has 0 fully saturated rings. The normalized spacial score (nSPS) is 14.4. The van der Waals surface area contributed by atoms with Gasteiger partial charge in [-0.15, -0.1) is 11.3 Å². The van der Waals surface area contributed by atoms with Crippen molar-refractivity contribution in [1.29, 1.82) is 0 Å². The van der Waals surface area contributed by atoms with Crippen molar-refractivity contribution < 1.29 is 4.74 Å². The van der Waals surface area contributed by atoms with E-state index in [0.717, 1.165) is 37.2 Å². The van der Waals surface area contributed by atoms with Crippen molar-refractivity contribution in [2.24, 2.45) is 0 Å². The molecule has 0 unspecified atom stereocenters. The molecule has 4 aromatic rings.